The van der Waals surface area contributed by atoms with E-state index in [2.05, 4.69) is 29.3 Å². The number of aromatic nitrogens is 3. The van der Waals surface area contributed by atoms with E-state index in [1.54, 1.807) is 0 Å². The van der Waals surface area contributed by atoms with E-state index in [-0.39, 0.29) is 17.8 Å². The molecule has 1 aliphatic carbocycles. The highest BCUT2D eigenvalue weighted by Gasteiger charge is 2.39. The monoisotopic (exact) mass is 209 g/mol. The van der Waals surface area contributed by atoms with Crippen molar-refractivity contribution in [2.75, 3.05) is 0 Å². The minimum atomic E-state index is -0.774. The molecular weight excluding hydrogens is 194 g/mol. The van der Waals surface area contributed by atoms with Crippen molar-refractivity contribution in [3.05, 3.63) is 11.4 Å². The molecule has 15 heavy (non-hydrogen) atoms. The van der Waals surface area contributed by atoms with Crippen molar-refractivity contribution >= 4 is 5.97 Å². The van der Waals surface area contributed by atoms with Crippen molar-refractivity contribution in [1.29, 1.82) is 0 Å². The number of carboxylic acids is 1. The molecule has 1 aromatic rings. The predicted octanol–water partition coefficient (Wildman–Crippen LogP) is 1.34. The lowest BCUT2D eigenvalue weighted by atomic mass is 9.68. The molecule has 82 valence electrons. The number of nitrogens with one attached hydrogen (secondary N) is 1. The Morgan fingerprint density at radius 1 is 1.60 bits per heavy atom. The zero-order valence-corrected chi connectivity index (χ0v) is 8.95. The van der Waals surface area contributed by atoms with E-state index in [1.165, 1.54) is 0 Å². The van der Waals surface area contributed by atoms with Crippen LogP contribution in [0.5, 0.6) is 0 Å². The maximum absolute atomic E-state index is 10.8. The van der Waals surface area contributed by atoms with Crippen molar-refractivity contribution in [2.45, 2.75) is 39.0 Å². The van der Waals surface area contributed by atoms with E-state index in [0.717, 1.165) is 24.2 Å². The minimum absolute atomic E-state index is 0.0116. The third-order valence-electron chi connectivity index (χ3n) is 3.31. The lowest BCUT2D eigenvalue weighted by Crippen LogP contribution is -2.30. The highest BCUT2D eigenvalue weighted by molar-refractivity contribution is 5.68. The van der Waals surface area contributed by atoms with E-state index in [4.69, 9.17) is 5.11 Å². The number of H-pyrrole nitrogens is 1. The van der Waals surface area contributed by atoms with Crippen LogP contribution in [-0.4, -0.2) is 26.5 Å². The summed E-state index contributed by atoms with van der Waals surface area (Å²) in [6.07, 6.45) is 1.98. The number of hydrogen-bond acceptors (Lipinski definition) is 3. The molecule has 0 radical (unpaired) electrons. The van der Waals surface area contributed by atoms with Gasteiger partial charge >= 0.3 is 5.97 Å². The molecule has 0 spiro atoms. The maximum Gasteiger partial charge on any atom is 0.304 e. The van der Waals surface area contributed by atoms with E-state index >= 15 is 0 Å². The SMILES string of the molecule is CC1(C)CCc2n[nH]nc2C1CC(=O)O. The third-order valence-corrected chi connectivity index (χ3v) is 3.31. The first kappa shape index (κ1) is 10.1. The summed E-state index contributed by atoms with van der Waals surface area (Å²) in [5.74, 6) is -0.804. The first-order valence-corrected chi connectivity index (χ1v) is 5.12. The molecule has 1 heterocycles. The van der Waals surface area contributed by atoms with Crippen LogP contribution in [0.2, 0.25) is 0 Å². The van der Waals surface area contributed by atoms with Crippen molar-refractivity contribution < 1.29 is 9.90 Å². The molecule has 0 aliphatic heterocycles. The number of fused-ring (bicyclic) bond motifs is 1. The number of rotatable bonds is 2. The summed E-state index contributed by atoms with van der Waals surface area (Å²) in [5.41, 5.74) is 1.76. The largest absolute Gasteiger partial charge is 0.481 e. The fourth-order valence-corrected chi connectivity index (χ4v) is 2.26. The average Bonchev–Trinajstić information content (AvgIpc) is 2.57. The van der Waals surface area contributed by atoms with Gasteiger partial charge in [0, 0.05) is 5.92 Å². The van der Waals surface area contributed by atoms with Crippen LogP contribution in [-0.2, 0) is 11.2 Å². The van der Waals surface area contributed by atoms with Crippen LogP contribution in [0, 0.1) is 5.41 Å². The second kappa shape index (κ2) is 3.32. The standard InChI is InChI=1S/C10H15N3O2/c1-10(2)4-3-7-9(12-13-11-7)6(10)5-8(14)15/h6H,3-5H2,1-2H3,(H,14,15)(H,11,12,13). The van der Waals surface area contributed by atoms with Gasteiger partial charge in [-0.15, -0.1) is 0 Å². The van der Waals surface area contributed by atoms with Gasteiger partial charge in [-0.3, -0.25) is 4.79 Å². The van der Waals surface area contributed by atoms with Gasteiger partial charge in [-0.1, -0.05) is 13.8 Å². The number of aliphatic carboxylic acids is 1. The van der Waals surface area contributed by atoms with Crippen LogP contribution in [0.15, 0.2) is 0 Å². The first-order chi connectivity index (χ1) is 7.00. The summed E-state index contributed by atoms with van der Waals surface area (Å²) in [7, 11) is 0. The van der Waals surface area contributed by atoms with Crippen molar-refractivity contribution in [3.63, 3.8) is 0 Å². The molecule has 0 amide bonds. The number of aromatic amines is 1. The smallest absolute Gasteiger partial charge is 0.304 e. The van der Waals surface area contributed by atoms with E-state index in [9.17, 15) is 4.79 Å². The summed E-state index contributed by atoms with van der Waals surface area (Å²) >= 11 is 0. The summed E-state index contributed by atoms with van der Waals surface area (Å²) in [5, 5.41) is 19.6. The Morgan fingerprint density at radius 2 is 2.33 bits per heavy atom. The van der Waals surface area contributed by atoms with Crippen molar-refractivity contribution in [1.82, 2.24) is 15.4 Å². The Hall–Kier alpha value is -1.39. The van der Waals surface area contributed by atoms with E-state index in [0.29, 0.717) is 0 Å². The minimum Gasteiger partial charge on any atom is -0.481 e. The highest BCUT2D eigenvalue weighted by atomic mass is 16.4. The van der Waals surface area contributed by atoms with Gasteiger partial charge < -0.3 is 5.11 Å². The lowest BCUT2D eigenvalue weighted by Gasteiger charge is -2.36. The Labute approximate surface area is 87.9 Å². The fourth-order valence-electron chi connectivity index (χ4n) is 2.26. The van der Waals surface area contributed by atoms with Crippen LogP contribution in [0.25, 0.3) is 0 Å². The molecule has 0 saturated carbocycles. The number of nitrogens with zero attached hydrogens (tertiary/aromatic N) is 2. The maximum atomic E-state index is 10.8. The summed E-state index contributed by atoms with van der Waals surface area (Å²) < 4.78 is 0. The summed E-state index contributed by atoms with van der Waals surface area (Å²) in [4.78, 5) is 10.8. The summed E-state index contributed by atoms with van der Waals surface area (Å²) in [6, 6.07) is 0. The fraction of sp³-hybridized carbons (Fsp3) is 0.700. The molecule has 2 N–H and O–H groups in total. The van der Waals surface area contributed by atoms with Crippen LogP contribution in [0.3, 0.4) is 0 Å². The Morgan fingerprint density at radius 3 is 3.00 bits per heavy atom. The molecule has 0 fully saturated rings. The van der Waals surface area contributed by atoms with Gasteiger partial charge in [-0.2, -0.15) is 15.4 Å². The van der Waals surface area contributed by atoms with Crippen LogP contribution >= 0.6 is 0 Å². The normalized spacial score (nSPS) is 23.5. The second-order valence-electron chi connectivity index (χ2n) is 4.79. The number of carboxylic acid groups (broad SMARTS) is 1. The molecule has 1 aliphatic rings. The Kier molecular flexibility index (Phi) is 2.25. The van der Waals surface area contributed by atoms with E-state index in [1.807, 2.05) is 0 Å². The van der Waals surface area contributed by atoms with E-state index < -0.39 is 5.97 Å². The summed E-state index contributed by atoms with van der Waals surface area (Å²) in [6.45, 7) is 4.19. The van der Waals surface area contributed by atoms with Crippen molar-refractivity contribution in [2.24, 2.45) is 5.41 Å². The molecular formula is C10H15N3O2. The average molecular weight is 209 g/mol. The molecule has 1 aromatic heterocycles. The van der Waals surface area contributed by atoms with Crippen LogP contribution < -0.4 is 0 Å². The van der Waals surface area contributed by atoms with Gasteiger partial charge in [0.1, 0.15) is 0 Å². The van der Waals surface area contributed by atoms with Gasteiger partial charge in [-0.05, 0) is 18.3 Å². The second-order valence-corrected chi connectivity index (χ2v) is 4.79. The Balaban J connectivity index is 2.35. The lowest BCUT2D eigenvalue weighted by molar-refractivity contribution is -0.138. The highest BCUT2D eigenvalue weighted by Crippen LogP contribution is 2.45. The van der Waals surface area contributed by atoms with Gasteiger partial charge in [0.05, 0.1) is 17.8 Å². The third kappa shape index (κ3) is 1.73. The molecule has 0 saturated heterocycles. The molecule has 5 heteroatoms. The quantitative estimate of drug-likeness (QED) is 0.770. The van der Waals surface area contributed by atoms with Crippen LogP contribution in [0.1, 0.15) is 44.0 Å². The predicted molar refractivity (Wildman–Crippen MR) is 53.5 cm³/mol. The zero-order valence-electron chi connectivity index (χ0n) is 8.95. The van der Waals surface area contributed by atoms with Crippen LogP contribution in [0.4, 0.5) is 0 Å². The van der Waals surface area contributed by atoms with Gasteiger partial charge in [-0.25, -0.2) is 0 Å². The van der Waals surface area contributed by atoms with Crippen molar-refractivity contribution in [3.8, 4) is 0 Å². The molecule has 1 unspecified atom stereocenters. The molecule has 5 nitrogen and oxygen atoms in total. The number of carbonyl (C=O) groups is 1. The number of aryl methyl sites for hydroxylation is 1. The molecule has 0 bridgehead atoms. The molecule has 1 atom stereocenters. The van der Waals surface area contributed by atoms with Gasteiger partial charge in [0.15, 0.2) is 0 Å². The Bertz CT molecular complexity index is 384. The van der Waals surface area contributed by atoms with Gasteiger partial charge in [0.25, 0.3) is 0 Å². The molecule has 2 rings (SSSR count). The zero-order chi connectivity index (χ0) is 11.1. The topological polar surface area (TPSA) is 78.9 Å². The van der Waals surface area contributed by atoms with Gasteiger partial charge in [0.2, 0.25) is 0 Å². The number of hydrogen-bond donors (Lipinski definition) is 2. The first-order valence-electron chi connectivity index (χ1n) is 5.12. The molecule has 0 aromatic carbocycles.